The first-order valence-corrected chi connectivity index (χ1v) is 11.1. The number of nitriles is 1. The van der Waals surface area contributed by atoms with Crippen LogP contribution in [-0.4, -0.2) is 15.0 Å². The van der Waals surface area contributed by atoms with Crippen LogP contribution in [0.1, 0.15) is 16.8 Å². The topological polar surface area (TPSA) is 71.6 Å². The Bertz CT molecular complexity index is 1140. The van der Waals surface area contributed by atoms with E-state index in [1.165, 1.54) is 0 Å². The predicted molar refractivity (Wildman–Crippen MR) is 114 cm³/mol. The molecule has 142 valence electrons. The van der Waals surface area contributed by atoms with Gasteiger partial charge >= 0.3 is 0 Å². The zero-order chi connectivity index (χ0) is 20.1. The minimum atomic E-state index is -2.88. The molecule has 1 aromatic heterocycles. The Labute approximate surface area is 169 Å². The summed E-state index contributed by atoms with van der Waals surface area (Å²) < 4.78 is 15.8. The van der Waals surface area contributed by atoms with Crippen LogP contribution in [0.4, 0.5) is 0 Å². The van der Waals surface area contributed by atoms with Gasteiger partial charge < -0.3 is 4.57 Å². The largest absolute Gasteiger partial charge is 0.313 e. The molecule has 0 unspecified atom stereocenters. The zero-order valence-electron chi connectivity index (χ0n) is 15.7. The lowest BCUT2D eigenvalue weighted by molar-refractivity contribution is 0.586. The molecule has 0 radical (unpaired) electrons. The molecular weight excluding hydrogens is 379 g/mol. The second-order valence-electron chi connectivity index (χ2n) is 6.79. The molecule has 1 heterocycles. The van der Waals surface area contributed by atoms with Gasteiger partial charge in [-0.05, 0) is 17.7 Å². The molecule has 0 saturated heterocycles. The lowest BCUT2D eigenvalue weighted by Gasteiger charge is -2.18. The van der Waals surface area contributed by atoms with Crippen molar-refractivity contribution in [2.45, 2.75) is 12.7 Å². The smallest absolute Gasteiger partial charge is 0.149 e. The standard InChI is InChI=1S/C23H19N4OP/c24-15-19-11-13-20(14-12-19)16-27-17-21(25-26-27)18-29(28,22-7-3-1-4-8-22)23-9-5-2-6-10-23/h1-14,17H,16,18H2. The maximum atomic E-state index is 14.1. The van der Waals surface area contributed by atoms with Crippen LogP contribution in [0, 0.1) is 11.3 Å². The van der Waals surface area contributed by atoms with Gasteiger partial charge in [-0.2, -0.15) is 5.26 Å². The van der Waals surface area contributed by atoms with E-state index in [0.29, 0.717) is 24.0 Å². The second kappa shape index (κ2) is 8.26. The van der Waals surface area contributed by atoms with E-state index in [2.05, 4.69) is 16.4 Å². The van der Waals surface area contributed by atoms with Crippen molar-refractivity contribution >= 4 is 17.8 Å². The molecule has 0 spiro atoms. The minimum absolute atomic E-state index is 0.314. The Balaban J connectivity index is 1.61. The van der Waals surface area contributed by atoms with E-state index in [-0.39, 0.29) is 0 Å². The Morgan fingerprint density at radius 1 is 0.862 bits per heavy atom. The van der Waals surface area contributed by atoms with Gasteiger partial charge in [0, 0.05) is 16.8 Å². The fourth-order valence-electron chi connectivity index (χ4n) is 3.26. The summed E-state index contributed by atoms with van der Waals surface area (Å²) in [7, 11) is -2.88. The van der Waals surface area contributed by atoms with Gasteiger partial charge in [-0.1, -0.05) is 78.0 Å². The van der Waals surface area contributed by atoms with Crippen molar-refractivity contribution in [3.63, 3.8) is 0 Å². The number of nitrogens with zero attached hydrogens (tertiary/aromatic N) is 4. The number of hydrogen-bond acceptors (Lipinski definition) is 4. The van der Waals surface area contributed by atoms with E-state index < -0.39 is 7.14 Å². The van der Waals surface area contributed by atoms with E-state index in [1.54, 1.807) is 16.8 Å². The van der Waals surface area contributed by atoms with Crippen LogP contribution in [0.5, 0.6) is 0 Å². The van der Waals surface area contributed by atoms with Gasteiger partial charge in [0.05, 0.1) is 30.0 Å². The summed E-state index contributed by atoms with van der Waals surface area (Å²) in [5.74, 6) is 0. The molecule has 0 N–H and O–H groups in total. The fourth-order valence-corrected chi connectivity index (χ4v) is 5.83. The quantitative estimate of drug-likeness (QED) is 0.464. The van der Waals surface area contributed by atoms with E-state index >= 15 is 0 Å². The maximum Gasteiger partial charge on any atom is 0.149 e. The highest BCUT2D eigenvalue weighted by atomic mass is 31.2. The van der Waals surface area contributed by atoms with Crippen LogP contribution < -0.4 is 10.6 Å². The van der Waals surface area contributed by atoms with Crippen molar-refractivity contribution in [2.24, 2.45) is 0 Å². The van der Waals surface area contributed by atoms with Crippen LogP contribution in [0.3, 0.4) is 0 Å². The lowest BCUT2D eigenvalue weighted by atomic mass is 10.1. The van der Waals surface area contributed by atoms with Gasteiger partial charge in [-0.25, -0.2) is 4.68 Å². The van der Waals surface area contributed by atoms with Crippen LogP contribution in [0.25, 0.3) is 0 Å². The Morgan fingerprint density at radius 2 is 1.45 bits per heavy atom. The highest BCUT2D eigenvalue weighted by Crippen LogP contribution is 2.46. The molecule has 0 atom stereocenters. The molecule has 5 nitrogen and oxygen atoms in total. The summed E-state index contributed by atoms with van der Waals surface area (Å²) in [5, 5.41) is 19.0. The van der Waals surface area contributed by atoms with Crippen molar-refractivity contribution in [1.82, 2.24) is 15.0 Å². The summed E-state index contributed by atoms with van der Waals surface area (Å²) in [6.45, 7) is 0.541. The number of rotatable bonds is 6. The second-order valence-corrected chi connectivity index (χ2v) is 9.61. The summed E-state index contributed by atoms with van der Waals surface area (Å²) in [4.78, 5) is 0. The highest BCUT2D eigenvalue weighted by molar-refractivity contribution is 7.78. The van der Waals surface area contributed by atoms with Gasteiger partial charge in [0.1, 0.15) is 7.14 Å². The third kappa shape index (κ3) is 4.18. The molecule has 0 saturated carbocycles. The molecule has 3 aromatic carbocycles. The lowest BCUT2D eigenvalue weighted by Crippen LogP contribution is -2.17. The first-order valence-electron chi connectivity index (χ1n) is 9.26. The van der Waals surface area contributed by atoms with E-state index in [1.807, 2.05) is 79.0 Å². The summed E-state index contributed by atoms with van der Waals surface area (Å²) in [6.07, 6.45) is 2.16. The molecule has 0 aliphatic rings. The maximum absolute atomic E-state index is 14.1. The third-order valence-corrected chi connectivity index (χ3v) is 7.78. The van der Waals surface area contributed by atoms with Crippen molar-refractivity contribution in [3.8, 4) is 6.07 Å². The number of benzene rings is 3. The van der Waals surface area contributed by atoms with Crippen LogP contribution in [0.2, 0.25) is 0 Å². The van der Waals surface area contributed by atoms with Crippen molar-refractivity contribution in [3.05, 3.63) is 108 Å². The first kappa shape index (κ1) is 18.9. The molecule has 0 fully saturated rings. The van der Waals surface area contributed by atoms with E-state index in [4.69, 9.17) is 5.26 Å². The summed E-state index contributed by atoms with van der Waals surface area (Å²) >= 11 is 0. The fraction of sp³-hybridized carbons (Fsp3) is 0.0870. The van der Waals surface area contributed by atoms with Gasteiger partial charge in [0.2, 0.25) is 0 Å². The van der Waals surface area contributed by atoms with Gasteiger partial charge in [0.25, 0.3) is 0 Å². The highest BCUT2D eigenvalue weighted by Gasteiger charge is 2.28. The molecule has 0 amide bonds. The molecule has 29 heavy (non-hydrogen) atoms. The average molecular weight is 398 g/mol. The van der Waals surface area contributed by atoms with E-state index in [0.717, 1.165) is 16.2 Å². The molecule has 6 heteroatoms. The average Bonchev–Trinajstić information content (AvgIpc) is 3.22. The normalized spacial score (nSPS) is 11.1. The molecular formula is C23H19N4OP. The van der Waals surface area contributed by atoms with Crippen LogP contribution in [-0.2, 0) is 17.3 Å². The molecule has 0 aliphatic heterocycles. The molecule has 0 aliphatic carbocycles. The minimum Gasteiger partial charge on any atom is -0.313 e. The van der Waals surface area contributed by atoms with Gasteiger partial charge in [-0.3, -0.25) is 0 Å². The number of aromatic nitrogens is 3. The molecule has 4 aromatic rings. The van der Waals surface area contributed by atoms with Crippen LogP contribution in [0.15, 0.2) is 91.1 Å². The monoisotopic (exact) mass is 398 g/mol. The van der Waals surface area contributed by atoms with Crippen molar-refractivity contribution < 1.29 is 4.57 Å². The van der Waals surface area contributed by atoms with Gasteiger partial charge in [-0.15, -0.1) is 5.10 Å². The predicted octanol–water partition coefficient (Wildman–Crippen LogP) is 3.71. The Kier molecular flexibility index (Phi) is 5.37. The molecule has 0 bridgehead atoms. The number of hydrogen-bond donors (Lipinski definition) is 0. The first-order chi connectivity index (χ1) is 14.2. The zero-order valence-corrected chi connectivity index (χ0v) is 16.6. The SMILES string of the molecule is N#Cc1ccc(Cn2cc(CP(=O)(c3ccccc3)c3ccccc3)nn2)cc1. The summed E-state index contributed by atoms with van der Waals surface area (Å²) in [5.41, 5.74) is 2.34. The third-order valence-electron chi connectivity index (χ3n) is 4.74. The van der Waals surface area contributed by atoms with Crippen LogP contribution >= 0.6 is 7.14 Å². The molecule has 4 rings (SSSR count). The Morgan fingerprint density at radius 3 is 2.00 bits per heavy atom. The van der Waals surface area contributed by atoms with E-state index in [9.17, 15) is 4.57 Å². The summed E-state index contributed by atoms with van der Waals surface area (Å²) in [6, 6.07) is 28.6. The van der Waals surface area contributed by atoms with Gasteiger partial charge in [0.15, 0.2) is 0 Å². The van der Waals surface area contributed by atoms with Crippen molar-refractivity contribution in [1.29, 1.82) is 5.26 Å². The van der Waals surface area contributed by atoms with Crippen molar-refractivity contribution in [2.75, 3.05) is 0 Å². The Hall–Kier alpha value is -3.48.